The zero-order valence-electron chi connectivity index (χ0n) is 23.6. The van der Waals surface area contributed by atoms with Gasteiger partial charge in [0, 0.05) is 17.5 Å². The molecule has 2 aromatic rings. The average molecular weight is 568 g/mol. The molecule has 3 rings (SSSR count). The Kier molecular flexibility index (Phi) is 11.9. The van der Waals surface area contributed by atoms with Crippen LogP contribution in [0.15, 0.2) is 53.6 Å². The fourth-order valence-electron chi connectivity index (χ4n) is 4.56. The number of nitrogens with zero attached hydrogens (tertiary/aromatic N) is 3. The number of ether oxygens (including phenoxy) is 1. The quantitative estimate of drug-likeness (QED) is 0.248. The molecule has 0 aromatic heterocycles. The van der Waals surface area contributed by atoms with Crippen molar-refractivity contribution in [2.75, 3.05) is 19.7 Å². The average Bonchev–Trinajstić information content (AvgIpc) is 2.94. The first-order valence-corrected chi connectivity index (χ1v) is 13.8. The van der Waals surface area contributed by atoms with Gasteiger partial charge in [-0.3, -0.25) is 19.7 Å². The number of hydrogen-bond acceptors (Lipinski definition) is 6. The molecule has 0 fully saturated rings. The van der Waals surface area contributed by atoms with E-state index in [2.05, 4.69) is 31.3 Å². The lowest BCUT2D eigenvalue weighted by Gasteiger charge is -2.28. The number of fused-ring (bicyclic) bond motifs is 1. The standard InChI is InChI=1S/C29H38FN7O4/c1-18(2)26-29(40)35-24(16-33-37-31)27(38)32-13-7-10-21-9-4-5-12-25(21)41-17-19(3)34-23(28(39)36-26)15-20-8-6-11-22(30)14-20/h4-6,8-9,11-12,14,18-19,23-24,26,34H,7,10,13,15-17H2,1-3H3,(H,32,38)(H,35,40)(H,36,39)/t19-,23+,24-,26+/m0/s1. The Labute approximate surface area is 239 Å². The molecule has 12 heteroatoms. The molecule has 0 radical (unpaired) electrons. The molecule has 0 saturated carbocycles. The number of nitrogens with one attached hydrogen (secondary N) is 4. The largest absolute Gasteiger partial charge is 0.492 e. The van der Waals surface area contributed by atoms with Gasteiger partial charge in [0.05, 0.1) is 12.6 Å². The molecule has 1 heterocycles. The molecular formula is C29H38FN7O4. The summed E-state index contributed by atoms with van der Waals surface area (Å²) in [5, 5.41) is 15.0. The first-order valence-electron chi connectivity index (χ1n) is 13.8. The lowest BCUT2D eigenvalue weighted by molar-refractivity contribution is -0.133. The van der Waals surface area contributed by atoms with E-state index >= 15 is 0 Å². The molecule has 220 valence electrons. The van der Waals surface area contributed by atoms with Crippen molar-refractivity contribution in [2.24, 2.45) is 11.0 Å². The van der Waals surface area contributed by atoms with Gasteiger partial charge in [-0.1, -0.05) is 49.3 Å². The van der Waals surface area contributed by atoms with Gasteiger partial charge in [-0.25, -0.2) is 4.39 Å². The van der Waals surface area contributed by atoms with Gasteiger partial charge in [0.1, 0.15) is 30.3 Å². The second kappa shape index (κ2) is 15.6. The van der Waals surface area contributed by atoms with E-state index in [4.69, 9.17) is 10.3 Å². The number of carbonyl (C=O) groups is 3. The lowest BCUT2D eigenvalue weighted by atomic mass is 10.00. The van der Waals surface area contributed by atoms with E-state index in [0.717, 1.165) is 5.56 Å². The normalized spacial score (nSPS) is 23.0. The van der Waals surface area contributed by atoms with Crippen molar-refractivity contribution >= 4 is 17.7 Å². The van der Waals surface area contributed by atoms with E-state index in [1.54, 1.807) is 26.0 Å². The minimum absolute atomic E-state index is 0.166. The predicted octanol–water partition coefficient (Wildman–Crippen LogP) is 2.79. The molecule has 1 aliphatic heterocycles. The van der Waals surface area contributed by atoms with Crippen molar-refractivity contribution in [3.63, 3.8) is 0 Å². The zero-order chi connectivity index (χ0) is 29.8. The van der Waals surface area contributed by atoms with Crippen molar-refractivity contribution in [1.29, 1.82) is 0 Å². The van der Waals surface area contributed by atoms with E-state index in [-0.39, 0.29) is 31.5 Å². The highest BCUT2D eigenvalue weighted by Crippen LogP contribution is 2.20. The Hall–Kier alpha value is -4.15. The molecule has 3 amide bonds. The number of azide groups is 1. The van der Waals surface area contributed by atoms with Crippen LogP contribution in [0.25, 0.3) is 10.4 Å². The highest BCUT2D eigenvalue weighted by molar-refractivity contribution is 5.93. The van der Waals surface area contributed by atoms with Crippen LogP contribution in [0.5, 0.6) is 5.75 Å². The highest BCUT2D eigenvalue weighted by atomic mass is 19.1. The minimum Gasteiger partial charge on any atom is -0.492 e. The molecule has 2 aromatic carbocycles. The maximum absolute atomic E-state index is 13.9. The monoisotopic (exact) mass is 567 g/mol. The Morgan fingerprint density at radius 3 is 2.56 bits per heavy atom. The van der Waals surface area contributed by atoms with Crippen LogP contribution in [0, 0.1) is 11.7 Å². The second-order valence-electron chi connectivity index (χ2n) is 10.5. The summed E-state index contributed by atoms with van der Waals surface area (Å²) in [6.45, 7) is 5.72. The Balaban J connectivity index is 1.92. The van der Waals surface area contributed by atoms with E-state index in [1.807, 2.05) is 31.2 Å². The Morgan fingerprint density at radius 2 is 1.83 bits per heavy atom. The molecule has 4 N–H and O–H groups in total. The number of para-hydroxylation sites is 1. The van der Waals surface area contributed by atoms with Crippen molar-refractivity contribution < 1.29 is 23.5 Å². The van der Waals surface area contributed by atoms with Crippen LogP contribution in [0.3, 0.4) is 0 Å². The highest BCUT2D eigenvalue weighted by Gasteiger charge is 2.31. The third-order valence-corrected chi connectivity index (χ3v) is 6.72. The maximum atomic E-state index is 13.9. The number of halogens is 1. The topological polar surface area (TPSA) is 157 Å². The molecule has 0 spiro atoms. The Morgan fingerprint density at radius 1 is 1.05 bits per heavy atom. The number of benzene rings is 2. The van der Waals surface area contributed by atoms with Gasteiger partial charge in [-0.2, -0.15) is 0 Å². The van der Waals surface area contributed by atoms with Crippen LogP contribution in [0.2, 0.25) is 0 Å². The maximum Gasteiger partial charge on any atom is 0.243 e. The molecule has 0 bridgehead atoms. The summed E-state index contributed by atoms with van der Waals surface area (Å²) >= 11 is 0. The van der Waals surface area contributed by atoms with E-state index in [1.165, 1.54) is 12.1 Å². The summed E-state index contributed by atoms with van der Waals surface area (Å²) in [7, 11) is 0. The van der Waals surface area contributed by atoms with Gasteiger partial charge in [-0.15, -0.1) is 0 Å². The molecule has 0 unspecified atom stereocenters. The number of carbonyl (C=O) groups excluding carboxylic acids is 3. The van der Waals surface area contributed by atoms with Crippen LogP contribution in [-0.2, 0) is 27.2 Å². The van der Waals surface area contributed by atoms with E-state index in [0.29, 0.717) is 30.7 Å². The SMILES string of the molecule is CC(C)[C@H]1NC(=O)[C@@H](Cc2cccc(F)c2)N[C@@H](C)COc2ccccc2CCCNC(=O)[C@H](CN=[N+]=[N-])NC1=O. The zero-order valence-corrected chi connectivity index (χ0v) is 23.6. The van der Waals surface area contributed by atoms with Gasteiger partial charge in [0.25, 0.3) is 0 Å². The summed E-state index contributed by atoms with van der Waals surface area (Å²) in [6, 6.07) is 10.4. The summed E-state index contributed by atoms with van der Waals surface area (Å²) in [5.41, 5.74) is 10.4. The van der Waals surface area contributed by atoms with Crippen molar-refractivity contribution in [2.45, 2.75) is 64.2 Å². The van der Waals surface area contributed by atoms with Gasteiger partial charge in [-0.05, 0) is 67.0 Å². The smallest absolute Gasteiger partial charge is 0.243 e. The fraction of sp³-hybridized carbons (Fsp3) is 0.483. The molecule has 11 nitrogen and oxygen atoms in total. The molecule has 0 aliphatic carbocycles. The number of hydrogen-bond donors (Lipinski definition) is 4. The van der Waals surface area contributed by atoms with Crippen LogP contribution >= 0.6 is 0 Å². The Bertz CT molecular complexity index is 1250. The van der Waals surface area contributed by atoms with Gasteiger partial charge in [0.15, 0.2) is 0 Å². The molecule has 41 heavy (non-hydrogen) atoms. The number of amides is 3. The third-order valence-electron chi connectivity index (χ3n) is 6.72. The fourth-order valence-corrected chi connectivity index (χ4v) is 4.56. The van der Waals surface area contributed by atoms with Crippen molar-refractivity contribution in [3.05, 3.63) is 75.9 Å². The molecular weight excluding hydrogens is 529 g/mol. The second-order valence-corrected chi connectivity index (χ2v) is 10.5. The number of aryl methyl sites for hydroxylation is 1. The first kappa shape index (κ1) is 31.4. The summed E-state index contributed by atoms with van der Waals surface area (Å²) in [4.78, 5) is 42.5. The molecule has 0 saturated heterocycles. The summed E-state index contributed by atoms with van der Waals surface area (Å²) in [5.74, 6) is -1.59. The summed E-state index contributed by atoms with van der Waals surface area (Å²) in [6.07, 6.45) is 1.41. The molecule has 1 aliphatic rings. The summed E-state index contributed by atoms with van der Waals surface area (Å²) < 4.78 is 20.0. The van der Waals surface area contributed by atoms with Crippen LogP contribution < -0.4 is 26.0 Å². The lowest BCUT2D eigenvalue weighted by Crippen LogP contribution is -2.59. The van der Waals surface area contributed by atoms with Gasteiger partial charge in [0.2, 0.25) is 17.7 Å². The minimum atomic E-state index is -1.12. The third kappa shape index (κ3) is 9.77. The van der Waals surface area contributed by atoms with E-state index in [9.17, 15) is 18.8 Å². The molecule has 4 atom stereocenters. The van der Waals surface area contributed by atoms with Crippen molar-refractivity contribution in [1.82, 2.24) is 21.3 Å². The van der Waals surface area contributed by atoms with Crippen LogP contribution in [-0.4, -0.2) is 61.6 Å². The predicted molar refractivity (Wildman–Crippen MR) is 152 cm³/mol. The van der Waals surface area contributed by atoms with E-state index < -0.39 is 41.7 Å². The van der Waals surface area contributed by atoms with Gasteiger partial charge >= 0.3 is 0 Å². The van der Waals surface area contributed by atoms with Crippen LogP contribution in [0.1, 0.15) is 38.3 Å². The van der Waals surface area contributed by atoms with Gasteiger partial charge < -0.3 is 20.7 Å². The van der Waals surface area contributed by atoms with Crippen molar-refractivity contribution in [3.8, 4) is 5.75 Å². The first-order chi connectivity index (χ1) is 19.7. The van der Waals surface area contributed by atoms with Crippen LogP contribution in [0.4, 0.5) is 4.39 Å². The number of rotatable bonds is 5.